The smallest absolute Gasteiger partial charge is 0.243 e. The van der Waals surface area contributed by atoms with Gasteiger partial charge in [0.1, 0.15) is 10.7 Å². The Morgan fingerprint density at radius 1 is 1.21 bits per heavy atom. The number of aliphatic hydroxyl groups excluding tert-OH is 1. The maximum Gasteiger partial charge on any atom is 0.243 e. The van der Waals surface area contributed by atoms with Gasteiger partial charge in [0.2, 0.25) is 10.0 Å². The quantitative estimate of drug-likeness (QED) is 0.705. The van der Waals surface area contributed by atoms with Crippen molar-refractivity contribution < 1.29 is 17.9 Å². The molecule has 108 valence electrons. The first kappa shape index (κ1) is 16.6. The molecule has 4 nitrogen and oxygen atoms in total. The highest BCUT2D eigenvalue weighted by atomic mass is 79.9. The fraction of sp³-hybridized carbons (Fsp3) is 0.500. The second kappa shape index (κ2) is 7.94. The molecule has 0 spiro atoms. The summed E-state index contributed by atoms with van der Waals surface area (Å²) in [6, 6.07) is 3.84. The number of hydrogen-bond acceptors (Lipinski definition) is 3. The number of aliphatic hydroxyl groups is 1. The molecule has 0 fully saturated rings. The largest absolute Gasteiger partial charge is 0.396 e. The number of rotatable bonds is 8. The van der Waals surface area contributed by atoms with Gasteiger partial charge in [-0.15, -0.1) is 0 Å². The monoisotopic (exact) mass is 353 g/mol. The van der Waals surface area contributed by atoms with Gasteiger partial charge in [-0.2, -0.15) is 0 Å². The van der Waals surface area contributed by atoms with E-state index in [9.17, 15) is 12.8 Å². The number of unbranched alkanes of at least 4 members (excludes halogenated alkanes) is 3. The van der Waals surface area contributed by atoms with Crippen LogP contribution in [0.3, 0.4) is 0 Å². The first-order valence-corrected chi connectivity index (χ1v) is 8.30. The summed E-state index contributed by atoms with van der Waals surface area (Å²) >= 11 is 3.08. The van der Waals surface area contributed by atoms with Crippen molar-refractivity contribution in [2.24, 2.45) is 0 Å². The third-order valence-electron chi connectivity index (χ3n) is 2.56. The molecule has 7 heteroatoms. The average Bonchev–Trinajstić information content (AvgIpc) is 2.33. The van der Waals surface area contributed by atoms with Crippen LogP contribution in [-0.2, 0) is 10.0 Å². The minimum absolute atomic E-state index is 0.149. The molecule has 0 aromatic heterocycles. The van der Waals surface area contributed by atoms with Crippen LogP contribution in [0.4, 0.5) is 4.39 Å². The highest BCUT2D eigenvalue weighted by Gasteiger charge is 2.18. The fourth-order valence-corrected chi connectivity index (χ4v) is 3.03. The number of halogens is 2. The summed E-state index contributed by atoms with van der Waals surface area (Å²) in [6.07, 6.45) is 3.06. The lowest BCUT2D eigenvalue weighted by atomic mass is 10.2. The number of hydrogen-bond donors (Lipinski definition) is 2. The van der Waals surface area contributed by atoms with Crippen molar-refractivity contribution in [3.05, 3.63) is 28.5 Å². The van der Waals surface area contributed by atoms with Crippen molar-refractivity contribution in [2.75, 3.05) is 13.2 Å². The molecule has 0 saturated heterocycles. The third-order valence-corrected chi connectivity index (χ3v) is 4.55. The number of sulfonamides is 1. The Hall–Kier alpha value is -0.500. The molecule has 1 aromatic rings. The van der Waals surface area contributed by atoms with Crippen LogP contribution < -0.4 is 4.72 Å². The van der Waals surface area contributed by atoms with Crippen LogP contribution in [0.15, 0.2) is 27.6 Å². The Bertz CT molecular complexity index is 508. The van der Waals surface area contributed by atoms with Gasteiger partial charge < -0.3 is 5.11 Å². The molecule has 0 aliphatic heterocycles. The van der Waals surface area contributed by atoms with Gasteiger partial charge in [0.05, 0.1) is 0 Å². The summed E-state index contributed by atoms with van der Waals surface area (Å²) in [5.41, 5.74) is 0. The molecule has 19 heavy (non-hydrogen) atoms. The van der Waals surface area contributed by atoms with Crippen LogP contribution in [-0.4, -0.2) is 26.7 Å². The molecule has 1 aromatic carbocycles. The van der Waals surface area contributed by atoms with E-state index in [1.165, 1.54) is 12.1 Å². The van der Waals surface area contributed by atoms with Crippen molar-refractivity contribution in [3.63, 3.8) is 0 Å². The van der Waals surface area contributed by atoms with E-state index in [0.29, 0.717) is 17.3 Å². The molecule has 0 amide bonds. The van der Waals surface area contributed by atoms with Gasteiger partial charge in [-0.05, 0) is 31.0 Å². The van der Waals surface area contributed by atoms with Gasteiger partial charge in [-0.1, -0.05) is 28.8 Å². The van der Waals surface area contributed by atoms with Crippen molar-refractivity contribution in [3.8, 4) is 0 Å². The lowest BCUT2D eigenvalue weighted by Gasteiger charge is -2.07. The highest BCUT2D eigenvalue weighted by Crippen LogP contribution is 2.19. The van der Waals surface area contributed by atoms with Gasteiger partial charge in [0, 0.05) is 17.6 Å². The Balaban J connectivity index is 2.52. The lowest BCUT2D eigenvalue weighted by Crippen LogP contribution is -2.25. The van der Waals surface area contributed by atoms with Crippen molar-refractivity contribution in [2.45, 2.75) is 30.6 Å². The summed E-state index contributed by atoms with van der Waals surface area (Å²) < 4.78 is 40.1. The molecule has 0 unspecified atom stereocenters. The molecular formula is C12H17BrFNO3S. The average molecular weight is 354 g/mol. The molecular weight excluding hydrogens is 337 g/mol. The Kier molecular flexibility index (Phi) is 6.92. The first-order chi connectivity index (χ1) is 8.97. The van der Waals surface area contributed by atoms with Crippen molar-refractivity contribution in [1.29, 1.82) is 0 Å². The summed E-state index contributed by atoms with van der Waals surface area (Å²) in [4.78, 5) is -0.342. The molecule has 0 saturated carbocycles. The van der Waals surface area contributed by atoms with Gasteiger partial charge in [0.15, 0.2) is 0 Å². The van der Waals surface area contributed by atoms with Gasteiger partial charge in [-0.3, -0.25) is 0 Å². The third kappa shape index (κ3) is 5.56. The van der Waals surface area contributed by atoms with Crippen LogP contribution in [0.5, 0.6) is 0 Å². The molecule has 0 heterocycles. The van der Waals surface area contributed by atoms with Crippen LogP contribution in [0.2, 0.25) is 0 Å². The van der Waals surface area contributed by atoms with E-state index in [4.69, 9.17) is 5.11 Å². The number of benzene rings is 1. The van der Waals surface area contributed by atoms with Crippen LogP contribution >= 0.6 is 15.9 Å². The van der Waals surface area contributed by atoms with Crippen LogP contribution in [0.1, 0.15) is 25.7 Å². The van der Waals surface area contributed by atoms with Gasteiger partial charge in [-0.25, -0.2) is 17.5 Å². The second-order valence-electron chi connectivity index (χ2n) is 4.11. The molecule has 0 bridgehead atoms. The van der Waals surface area contributed by atoms with E-state index in [1.807, 2.05) is 0 Å². The van der Waals surface area contributed by atoms with Crippen LogP contribution in [0.25, 0.3) is 0 Å². The van der Waals surface area contributed by atoms with E-state index in [-0.39, 0.29) is 18.0 Å². The zero-order chi connectivity index (χ0) is 14.3. The first-order valence-electron chi connectivity index (χ1n) is 6.03. The SMILES string of the molecule is O=S(=O)(NCCCCCCO)c1ccc(Br)cc1F. The topological polar surface area (TPSA) is 66.4 Å². The summed E-state index contributed by atoms with van der Waals surface area (Å²) in [5.74, 6) is -0.776. The normalized spacial score (nSPS) is 11.7. The molecule has 2 N–H and O–H groups in total. The van der Waals surface area contributed by atoms with E-state index < -0.39 is 15.8 Å². The van der Waals surface area contributed by atoms with Crippen molar-refractivity contribution >= 4 is 26.0 Å². The molecule has 0 aliphatic rings. The lowest BCUT2D eigenvalue weighted by molar-refractivity contribution is 0.282. The maximum absolute atomic E-state index is 13.5. The van der Waals surface area contributed by atoms with E-state index in [0.717, 1.165) is 18.9 Å². The predicted molar refractivity (Wildman–Crippen MR) is 74.8 cm³/mol. The maximum atomic E-state index is 13.5. The van der Waals surface area contributed by atoms with E-state index in [2.05, 4.69) is 20.7 Å². The minimum Gasteiger partial charge on any atom is -0.396 e. The Labute approximate surface area is 121 Å². The van der Waals surface area contributed by atoms with E-state index in [1.54, 1.807) is 0 Å². The van der Waals surface area contributed by atoms with E-state index >= 15 is 0 Å². The van der Waals surface area contributed by atoms with Gasteiger partial charge in [0.25, 0.3) is 0 Å². The molecule has 1 rings (SSSR count). The summed E-state index contributed by atoms with van der Waals surface area (Å²) in [5, 5.41) is 8.60. The minimum atomic E-state index is -3.80. The molecule has 0 radical (unpaired) electrons. The standard InChI is InChI=1S/C12H17BrFNO3S/c13-10-5-6-12(11(14)9-10)19(17,18)15-7-3-1-2-4-8-16/h5-6,9,15-16H,1-4,7-8H2. The zero-order valence-corrected chi connectivity index (χ0v) is 12.8. The molecule has 0 atom stereocenters. The number of nitrogens with one attached hydrogen (secondary N) is 1. The highest BCUT2D eigenvalue weighted by molar-refractivity contribution is 9.10. The van der Waals surface area contributed by atoms with Crippen molar-refractivity contribution in [1.82, 2.24) is 4.72 Å². The van der Waals surface area contributed by atoms with Gasteiger partial charge >= 0.3 is 0 Å². The fourth-order valence-electron chi connectivity index (χ4n) is 1.57. The predicted octanol–water partition coefficient (Wildman–Crippen LogP) is 2.42. The second-order valence-corrected chi connectivity index (χ2v) is 6.76. The summed E-state index contributed by atoms with van der Waals surface area (Å²) in [6.45, 7) is 0.416. The Morgan fingerprint density at radius 2 is 1.89 bits per heavy atom. The van der Waals surface area contributed by atoms with Crippen LogP contribution in [0, 0.1) is 5.82 Å². The summed E-state index contributed by atoms with van der Waals surface area (Å²) in [7, 11) is -3.80. The zero-order valence-electron chi connectivity index (χ0n) is 10.4. The molecule has 0 aliphatic carbocycles. The Morgan fingerprint density at radius 3 is 2.53 bits per heavy atom.